The number of nitrogens with zero attached hydrogens (tertiary/aromatic N) is 3. The molecule has 4 heteroatoms. The lowest BCUT2D eigenvalue weighted by Crippen LogP contribution is -2.12. The molecular weight excluding hydrogens is 272 g/mol. The summed E-state index contributed by atoms with van der Waals surface area (Å²) in [5, 5.41) is 3.33. The summed E-state index contributed by atoms with van der Waals surface area (Å²) in [5.74, 6) is 2.36. The zero-order chi connectivity index (χ0) is 15.4. The molecule has 0 aliphatic rings. The van der Waals surface area contributed by atoms with Crippen LogP contribution in [0, 0.1) is 0 Å². The van der Waals surface area contributed by atoms with Crippen LogP contribution in [0.5, 0.6) is 0 Å². The number of rotatable bonds is 4. The first-order valence-electron chi connectivity index (χ1n) is 7.16. The maximum Gasteiger partial charge on any atom is 0.163 e. The second kappa shape index (κ2) is 6.26. The lowest BCUT2D eigenvalue weighted by atomic mass is 10.2. The second-order valence-corrected chi connectivity index (χ2v) is 5.19. The van der Waals surface area contributed by atoms with E-state index in [4.69, 9.17) is 0 Å². The summed E-state index contributed by atoms with van der Waals surface area (Å²) < 4.78 is 0. The third-order valence-corrected chi connectivity index (χ3v) is 3.25. The van der Waals surface area contributed by atoms with Crippen LogP contribution in [-0.2, 0) is 0 Å². The van der Waals surface area contributed by atoms with Crippen LogP contribution in [0.25, 0.3) is 11.4 Å². The van der Waals surface area contributed by atoms with Gasteiger partial charge in [-0.15, -0.1) is 0 Å². The summed E-state index contributed by atoms with van der Waals surface area (Å²) in [4.78, 5) is 11.2. The summed E-state index contributed by atoms with van der Waals surface area (Å²) in [6.07, 6.45) is 0. The molecule has 1 aromatic heterocycles. The summed E-state index contributed by atoms with van der Waals surface area (Å²) in [7, 11) is 3.95. The van der Waals surface area contributed by atoms with Gasteiger partial charge in [0.1, 0.15) is 11.6 Å². The van der Waals surface area contributed by atoms with Gasteiger partial charge >= 0.3 is 0 Å². The van der Waals surface area contributed by atoms with E-state index < -0.39 is 0 Å². The number of aromatic nitrogens is 2. The molecule has 0 spiro atoms. The molecule has 0 saturated heterocycles. The maximum absolute atomic E-state index is 4.63. The lowest BCUT2D eigenvalue weighted by Gasteiger charge is -2.15. The molecule has 0 unspecified atom stereocenters. The van der Waals surface area contributed by atoms with E-state index in [1.165, 1.54) is 0 Å². The number of para-hydroxylation sites is 1. The number of hydrogen-bond acceptors (Lipinski definition) is 4. The minimum atomic E-state index is 0.713. The van der Waals surface area contributed by atoms with Crippen molar-refractivity contribution >= 4 is 17.3 Å². The Kier molecular flexibility index (Phi) is 4.01. The summed E-state index contributed by atoms with van der Waals surface area (Å²) in [6, 6.07) is 22.0. The lowest BCUT2D eigenvalue weighted by molar-refractivity contribution is 1.04. The van der Waals surface area contributed by atoms with Gasteiger partial charge in [0.15, 0.2) is 5.82 Å². The zero-order valence-electron chi connectivity index (χ0n) is 12.7. The monoisotopic (exact) mass is 290 g/mol. The topological polar surface area (TPSA) is 41.0 Å². The van der Waals surface area contributed by atoms with Gasteiger partial charge in [-0.2, -0.15) is 0 Å². The molecule has 0 radical (unpaired) electrons. The average molecular weight is 290 g/mol. The van der Waals surface area contributed by atoms with Crippen molar-refractivity contribution in [2.45, 2.75) is 0 Å². The van der Waals surface area contributed by atoms with Crippen LogP contribution in [0.4, 0.5) is 17.3 Å². The molecule has 1 heterocycles. The Labute approximate surface area is 130 Å². The highest BCUT2D eigenvalue weighted by Crippen LogP contribution is 2.23. The number of nitrogens with one attached hydrogen (secondary N) is 1. The standard InChI is InChI=1S/C18H18N4/c1-22(2)17-13-16(19-15-11-7-4-8-12-15)20-18(21-17)14-9-5-3-6-10-14/h3-13H,1-2H3,(H,19,20,21). The van der Waals surface area contributed by atoms with E-state index in [1.807, 2.05) is 85.7 Å². The first-order valence-corrected chi connectivity index (χ1v) is 7.16. The van der Waals surface area contributed by atoms with Crippen molar-refractivity contribution in [3.63, 3.8) is 0 Å². The molecule has 4 nitrogen and oxygen atoms in total. The second-order valence-electron chi connectivity index (χ2n) is 5.19. The molecule has 1 N–H and O–H groups in total. The van der Waals surface area contributed by atoms with Crippen molar-refractivity contribution < 1.29 is 0 Å². The van der Waals surface area contributed by atoms with Gasteiger partial charge in [0.2, 0.25) is 0 Å². The fourth-order valence-electron chi connectivity index (χ4n) is 2.11. The molecule has 0 amide bonds. The number of hydrogen-bond donors (Lipinski definition) is 1. The molecule has 3 rings (SSSR count). The van der Waals surface area contributed by atoms with Crippen molar-refractivity contribution in [1.29, 1.82) is 0 Å². The summed E-state index contributed by atoms with van der Waals surface area (Å²) >= 11 is 0. The first-order chi connectivity index (χ1) is 10.7. The molecule has 110 valence electrons. The van der Waals surface area contributed by atoms with Crippen LogP contribution in [0.2, 0.25) is 0 Å². The number of benzene rings is 2. The minimum Gasteiger partial charge on any atom is -0.363 e. The van der Waals surface area contributed by atoms with E-state index >= 15 is 0 Å². The fraction of sp³-hybridized carbons (Fsp3) is 0.111. The number of anilines is 3. The van der Waals surface area contributed by atoms with Gasteiger partial charge in [-0.05, 0) is 12.1 Å². The van der Waals surface area contributed by atoms with Crippen LogP contribution < -0.4 is 10.2 Å². The van der Waals surface area contributed by atoms with E-state index in [0.29, 0.717) is 5.82 Å². The third kappa shape index (κ3) is 3.23. The molecule has 0 saturated carbocycles. The van der Waals surface area contributed by atoms with E-state index in [-0.39, 0.29) is 0 Å². The van der Waals surface area contributed by atoms with Gasteiger partial charge in [-0.25, -0.2) is 9.97 Å². The van der Waals surface area contributed by atoms with Gasteiger partial charge in [-0.1, -0.05) is 48.5 Å². The van der Waals surface area contributed by atoms with Crippen molar-refractivity contribution in [2.24, 2.45) is 0 Å². The van der Waals surface area contributed by atoms with E-state index in [0.717, 1.165) is 22.9 Å². The predicted molar refractivity (Wildman–Crippen MR) is 91.5 cm³/mol. The maximum atomic E-state index is 4.63. The molecule has 0 bridgehead atoms. The SMILES string of the molecule is CN(C)c1cc(Nc2ccccc2)nc(-c2ccccc2)n1. The van der Waals surface area contributed by atoms with Crippen LogP contribution in [-0.4, -0.2) is 24.1 Å². The smallest absolute Gasteiger partial charge is 0.163 e. The molecule has 22 heavy (non-hydrogen) atoms. The Hall–Kier alpha value is -2.88. The van der Waals surface area contributed by atoms with Crippen LogP contribution in [0.3, 0.4) is 0 Å². The summed E-state index contributed by atoms with van der Waals surface area (Å²) in [5.41, 5.74) is 2.01. The highest BCUT2D eigenvalue weighted by molar-refractivity contribution is 5.65. The quantitative estimate of drug-likeness (QED) is 0.790. The molecule has 0 aliphatic heterocycles. The zero-order valence-corrected chi connectivity index (χ0v) is 12.7. The Bertz CT molecular complexity index is 740. The predicted octanol–water partition coefficient (Wildman–Crippen LogP) is 3.95. The van der Waals surface area contributed by atoms with Crippen molar-refractivity contribution in [2.75, 3.05) is 24.3 Å². The molecule has 2 aromatic carbocycles. The van der Waals surface area contributed by atoms with E-state index in [9.17, 15) is 0 Å². The highest BCUT2D eigenvalue weighted by Gasteiger charge is 2.08. The average Bonchev–Trinajstić information content (AvgIpc) is 2.56. The van der Waals surface area contributed by atoms with Crippen molar-refractivity contribution in [3.8, 4) is 11.4 Å². The largest absolute Gasteiger partial charge is 0.363 e. The molecular formula is C18H18N4. The molecule has 0 fully saturated rings. The third-order valence-electron chi connectivity index (χ3n) is 3.25. The Morgan fingerprint density at radius 2 is 1.45 bits per heavy atom. The van der Waals surface area contributed by atoms with Gasteiger partial charge in [0.25, 0.3) is 0 Å². The Balaban J connectivity index is 2.01. The van der Waals surface area contributed by atoms with Crippen LogP contribution in [0.1, 0.15) is 0 Å². The van der Waals surface area contributed by atoms with E-state index in [2.05, 4.69) is 15.3 Å². The van der Waals surface area contributed by atoms with Gasteiger partial charge in [-0.3, -0.25) is 0 Å². The fourth-order valence-corrected chi connectivity index (χ4v) is 2.11. The van der Waals surface area contributed by atoms with Crippen molar-refractivity contribution in [1.82, 2.24) is 9.97 Å². The highest BCUT2D eigenvalue weighted by atomic mass is 15.2. The normalized spacial score (nSPS) is 10.3. The van der Waals surface area contributed by atoms with Gasteiger partial charge < -0.3 is 10.2 Å². The van der Waals surface area contributed by atoms with Gasteiger partial charge in [0.05, 0.1) is 0 Å². The minimum absolute atomic E-state index is 0.713. The van der Waals surface area contributed by atoms with E-state index in [1.54, 1.807) is 0 Å². The van der Waals surface area contributed by atoms with Crippen LogP contribution >= 0.6 is 0 Å². The summed E-state index contributed by atoms with van der Waals surface area (Å²) in [6.45, 7) is 0. The van der Waals surface area contributed by atoms with Gasteiger partial charge in [0, 0.05) is 31.4 Å². The first kappa shape index (κ1) is 14.1. The molecule has 0 atom stereocenters. The van der Waals surface area contributed by atoms with Crippen molar-refractivity contribution in [3.05, 3.63) is 66.7 Å². The molecule has 0 aliphatic carbocycles. The Morgan fingerprint density at radius 1 is 0.818 bits per heavy atom. The van der Waals surface area contributed by atoms with Crippen LogP contribution in [0.15, 0.2) is 66.7 Å². The molecule has 3 aromatic rings. The Morgan fingerprint density at radius 3 is 2.09 bits per heavy atom.